The molecule has 67 heavy (non-hydrogen) atoms. The third-order valence-corrected chi connectivity index (χ3v) is 14.1. The van der Waals surface area contributed by atoms with Gasteiger partial charge >= 0.3 is 19.8 Å². The van der Waals surface area contributed by atoms with E-state index in [1.807, 2.05) is 0 Å². The minimum Gasteiger partial charge on any atom is -0.462 e. The van der Waals surface area contributed by atoms with Gasteiger partial charge in [-0.05, 0) is 38.5 Å². The zero-order chi connectivity index (χ0) is 49.2. The van der Waals surface area contributed by atoms with E-state index in [2.05, 4.69) is 26.0 Å². The van der Waals surface area contributed by atoms with Crippen LogP contribution in [-0.4, -0.2) is 98.3 Å². The van der Waals surface area contributed by atoms with E-state index in [-0.39, 0.29) is 12.8 Å². The van der Waals surface area contributed by atoms with Crippen molar-refractivity contribution in [2.75, 3.05) is 13.2 Å². The predicted molar refractivity (Wildman–Crippen MR) is 267 cm³/mol. The fraction of sp³-hybridized carbons (Fsp3) is 0.925. The molecule has 6 N–H and O–H groups in total. The van der Waals surface area contributed by atoms with Gasteiger partial charge in [-0.3, -0.25) is 18.6 Å². The number of phosphoric ester groups is 1. The van der Waals surface area contributed by atoms with Crippen molar-refractivity contribution in [3.63, 3.8) is 0 Å². The fourth-order valence-corrected chi connectivity index (χ4v) is 9.67. The maximum atomic E-state index is 12.9. The molecule has 0 saturated heterocycles. The normalized spacial score (nSPS) is 21.1. The molecule has 0 radical (unpaired) electrons. The lowest BCUT2D eigenvalue weighted by molar-refractivity contribution is -0.220. The number of aliphatic hydroxyl groups excluding tert-OH is 5. The van der Waals surface area contributed by atoms with Gasteiger partial charge in [-0.1, -0.05) is 219 Å². The average molecular weight is 977 g/mol. The molecule has 0 aromatic heterocycles. The van der Waals surface area contributed by atoms with Crippen molar-refractivity contribution in [3.8, 4) is 0 Å². The summed E-state index contributed by atoms with van der Waals surface area (Å²) >= 11 is 0. The molecule has 0 bridgehead atoms. The largest absolute Gasteiger partial charge is 0.472 e. The van der Waals surface area contributed by atoms with Gasteiger partial charge in [-0.15, -0.1) is 0 Å². The van der Waals surface area contributed by atoms with Crippen LogP contribution in [0.1, 0.15) is 258 Å². The Labute approximate surface area is 407 Å². The van der Waals surface area contributed by atoms with Crippen LogP contribution >= 0.6 is 7.82 Å². The summed E-state index contributed by atoms with van der Waals surface area (Å²) in [6, 6.07) is 0. The Morgan fingerprint density at radius 1 is 0.448 bits per heavy atom. The molecule has 14 heteroatoms. The van der Waals surface area contributed by atoms with Crippen LogP contribution in [0.25, 0.3) is 0 Å². The van der Waals surface area contributed by atoms with E-state index in [1.165, 1.54) is 180 Å². The summed E-state index contributed by atoms with van der Waals surface area (Å²) in [6.45, 7) is 3.35. The number of ether oxygens (including phenoxy) is 2. The van der Waals surface area contributed by atoms with Gasteiger partial charge in [0.25, 0.3) is 0 Å². The molecule has 6 unspecified atom stereocenters. The van der Waals surface area contributed by atoms with Crippen molar-refractivity contribution in [1.29, 1.82) is 0 Å². The van der Waals surface area contributed by atoms with Gasteiger partial charge in [0.05, 0.1) is 6.61 Å². The Kier molecular flexibility index (Phi) is 41.2. The molecule has 0 spiro atoms. The first kappa shape index (κ1) is 63.6. The lowest BCUT2D eigenvalue weighted by Crippen LogP contribution is -2.64. The van der Waals surface area contributed by atoms with Gasteiger partial charge in [0.2, 0.25) is 0 Å². The molecule has 1 aliphatic carbocycles. The van der Waals surface area contributed by atoms with Gasteiger partial charge in [0.15, 0.2) is 6.10 Å². The Hall–Kier alpha value is -1.41. The third-order valence-electron chi connectivity index (χ3n) is 13.1. The number of allylic oxidation sites excluding steroid dienone is 2. The highest BCUT2D eigenvalue weighted by molar-refractivity contribution is 7.47. The van der Waals surface area contributed by atoms with Gasteiger partial charge in [0, 0.05) is 12.8 Å². The average Bonchev–Trinajstić information content (AvgIpc) is 3.31. The second kappa shape index (κ2) is 43.4. The molecule has 0 heterocycles. The van der Waals surface area contributed by atoms with Gasteiger partial charge < -0.3 is 39.9 Å². The molecular formula is C53H101O13P. The standard InChI is InChI=1S/C53H101O13P/c1-3-5-7-9-11-13-15-17-19-21-22-23-24-26-27-29-31-33-35-37-39-41-46(54)63-43-45(44-64-67(61,62)66-53-51(59)49(57)48(56)50(58)52(53)60)65-47(55)42-40-38-36-34-32-30-28-25-20-18-16-14-12-10-8-6-4-2/h17,19,45,48-53,56-60H,3-16,18,20-44H2,1-2H3,(H,61,62)/b19-17+/t45-,48?,49-,50?,51?,52?,53?/m0/s1. The highest BCUT2D eigenvalue weighted by atomic mass is 31.2. The number of rotatable bonds is 47. The maximum absolute atomic E-state index is 12.9. The molecular weight excluding hydrogens is 876 g/mol. The quantitative estimate of drug-likeness (QED) is 0.0145. The molecule has 13 nitrogen and oxygen atoms in total. The van der Waals surface area contributed by atoms with E-state index in [0.29, 0.717) is 12.8 Å². The Bertz CT molecular complexity index is 1220. The number of aliphatic hydroxyl groups is 5. The molecule has 0 amide bonds. The van der Waals surface area contributed by atoms with Gasteiger partial charge in [0.1, 0.15) is 43.2 Å². The fourth-order valence-electron chi connectivity index (χ4n) is 8.70. The van der Waals surface area contributed by atoms with Crippen LogP contribution in [0.3, 0.4) is 0 Å². The van der Waals surface area contributed by atoms with Crippen molar-refractivity contribution in [2.24, 2.45) is 0 Å². The van der Waals surface area contributed by atoms with Crippen LogP contribution in [0.2, 0.25) is 0 Å². The molecule has 1 rings (SSSR count). The monoisotopic (exact) mass is 977 g/mol. The Morgan fingerprint density at radius 2 is 0.761 bits per heavy atom. The number of carbonyl (C=O) groups is 2. The van der Waals surface area contributed by atoms with Crippen LogP contribution in [0.15, 0.2) is 12.2 Å². The zero-order valence-electron chi connectivity index (χ0n) is 42.5. The number of esters is 2. The van der Waals surface area contributed by atoms with Gasteiger partial charge in [-0.25, -0.2) is 4.57 Å². The highest BCUT2D eigenvalue weighted by Gasteiger charge is 2.51. The molecule has 0 aliphatic heterocycles. The summed E-state index contributed by atoms with van der Waals surface area (Å²) in [5, 5.41) is 50.3. The van der Waals surface area contributed by atoms with Crippen LogP contribution in [-0.2, 0) is 32.7 Å². The summed E-state index contributed by atoms with van der Waals surface area (Å²) in [4.78, 5) is 35.9. The van der Waals surface area contributed by atoms with E-state index < -0.39 is 75.7 Å². The summed E-state index contributed by atoms with van der Waals surface area (Å²) < 4.78 is 33.7. The number of phosphoric acid groups is 1. The van der Waals surface area contributed by atoms with Crippen molar-refractivity contribution in [1.82, 2.24) is 0 Å². The van der Waals surface area contributed by atoms with E-state index in [4.69, 9.17) is 18.5 Å². The number of carbonyl (C=O) groups excluding carboxylic acids is 2. The van der Waals surface area contributed by atoms with Crippen molar-refractivity contribution in [2.45, 2.75) is 301 Å². The smallest absolute Gasteiger partial charge is 0.462 e. The first-order valence-corrected chi connectivity index (χ1v) is 29.0. The maximum Gasteiger partial charge on any atom is 0.472 e. The van der Waals surface area contributed by atoms with E-state index in [0.717, 1.165) is 38.5 Å². The molecule has 0 aromatic rings. The summed E-state index contributed by atoms with van der Waals surface area (Å²) in [7, 11) is -5.12. The lowest BCUT2D eigenvalue weighted by atomic mass is 9.85. The molecule has 1 saturated carbocycles. The Balaban J connectivity index is 2.34. The van der Waals surface area contributed by atoms with E-state index in [1.54, 1.807) is 0 Å². The topological polar surface area (TPSA) is 210 Å². The molecule has 8 atom stereocenters. The second-order valence-electron chi connectivity index (χ2n) is 19.4. The molecule has 0 aromatic carbocycles. The summed E-state index contributed by atoms with van der Waals surface area (Å²) in [5.74, 6) is -1.08. The highest BCUT2D eigenvalue weighted by Crippen LogP contribution is 2.47. The molecule has 396 valence electrons. The first-order valence-electron chi connectivity index (χ1n) is 27.5. The van der Waals surface area contributed by atoms with Crippen LogP contribution < -0.4 is 0 Å². The SMILES string of the molecule is CCCCCCCC/C=C/CCCCCCCCCCCCCC(=O)OC[C@@H](COP(=O)(O)OC1C(O)C(O)C(O)[C@H](O)C1O)OC(=O)CCCCCCCCCCCCCCCCCCC. The summed E-state index contributed by atoms with van der Waals surface area (Å²) in [5.41, 5.74) is 0. The Morgan fingerprint density at radius 3 is 1.13 bits per heavy atom. The van der Waals surface area contributed by atoms with Crippen molar-refractivity contribution in [3.05, 3.63) is 12.2 Å². The minimum atomic E-state index is -5.12. The number of unbranched alkanes of at least 4 members (excludes halogenated alkanes) is 33. The first-order chi connectivity index (χ1) is 32.4. The van der Waals surface area contributed by atoms with Crippen LogP contribution in [0.5, 0.6) is 0 Å². The molecule has 1 fully saturated rings. The van der Waals surface area contributed by atoms with E-state index >= 15 is 0 Å². The van der Waals surface area contributed by atoms with Crippen LogP contribution in [0.4, 0.5) is 0 Å². The van der Waals surface area contributed by atoms with E-state index in [9.17, 15) is 44.6 Å². The van der Waals surface area contributed by atoms with Crippen molar-refractivity contribution < 1.29 is 63.1 Å². The van der Waals surface area contributed by atoms with Crippen molar-refractivity contribution >= 4 is 19.8 Å². The van der Waals surface area contributed by atoms with Crippen LogP contribution in [0, 0.1) is 0 Å². The number of hydrogen-bond acceptors (Lipinski definition) is 12. The number of hydrogen-bond donors (Lipinski definition) is 6. The second-order valence-corrected chi connectivity index (χ2v) is 20.9. The minimum absolute atomic E-state index is 0.103. The zero-order valence-corrected chi connectivity index (χ0v) is 43.4. The predicted octanol–water partition coefficient (Wildman–Crippen LogP) is 12.2. The molecule has 1 aliphatic rings. The lowest BCUT2D eigenvalue weighted by Gasteiger charge is -2.41. The summed E-state index contributed by atoms with van der Waals surface area (Å²) in [6.07, 6.45) is 35.4. The van der Waals surface area contributed by atoms with Gasteiger partial charge in [-0.2, -0.15) is 0 Å². The third kappa shape index (κ3) is 35.4.